The van der Waals surface area contributed by atoms with Crippen LogP contribution in [0.1, 0.15) is 13.8 Å². The minimum atomic E-state index is 0.198. The molecule has 2 aliphatic rings. The van der Waals surface area contributed by atoms with Gasteiger partial charge in [-0.05, 0) is 13.8 Å². The van der Waals surface area contributed by atoms with Crippen molar-refractivity contribution in [3.63, 3.8) is 0 Å². The van der Waals surface area contributed by atoms with Gasteiger partial charge in [0, 0.05) is 32.2 Å². The Hall–Kier alpha value is -0.200. The van der Waals surface area contributed by atoms with Crippen molar-refractivity contribution in [3.8, 4) is 0 Å². The lowest BCUT2D eigenvalue weighted by Crippen LogP contribution is -2.48. The molecule has 2 aliphatic heterocycles. The summed E-state index contributed by atoms with van der Waals surface area (Å²) in [6, 6.07) is 0.585. The van der Waals surface area contributed by atoms with Crippen LogP contribution in [0.25, 0.3) is 0 Å². The van der Waals surface area contributed by atoms with E-state index < -0.39 is 0 Å². The second kappa shape index (κ2) is 7.40. The number of hydrogen-bond donors (Lipinski definition) is 1. The van der Waals surface area contributed by atoms with Crippen LogP contribution >= 0.6 is 0 Å². The van der Waals surface area contributed by atoms with Gasteiger partial charge in [-0.1, -0.05) is 0 Å². The zero-order valence-electron chi connectivity index (χ0n) is 11.6. The van der Waals surface area contributed by atoms with Crippen LogP contribution in [0.4, 0.5) is 0 Å². The van der Waals surface area contributed by atoms with Crippen molar-refractivity contribution in [1.82, 2.24) is 10.2 Å². The third-order valence-corrected chi connectivity index (χ3v) is 3.51. The van der Waals surface area contributed by atoms with Gasteiger partial charge < -0.3 is 19.5 Å². The van der Waals surface area contributed by atoms with Crippen molar-refractivity contribution >= 4 is 0 Å². The molecule has 0 aromatic rings. The summed E-state index contributed by atoms with van der Waals surface area (Å²) in [6.45, 7) is 11.2. The van der Waals surface area contributed by atoms with Crippen LogP contribution in [0.2, 0.25) is 0 Å². The summed E-state index contributed by atoms with van der Waals surface area (Å²) in [5.74, 6) is 0. The first-order valence-electron chi connectivity index (χ1n) is 7.01. The summed E-state index contributed by atoms with van der Waals surface area (Å²) in [4.78, 5) is 2.44. The lowest BCUT2D eigenvalue weighted by Gasteiger charge is -2.35. The molecule has 5 nitrogen and oxygen atoms in total. The van der Waals surface area contributed by atoms with Crippen LogP contribution in [-0.4, -0.2) is 75.8 Å². The molecule has 2 heterocycles. The highest BCUT2D eigenvalue weighted by atomic mass is 16.6. The van der Waals surface area contributed by atoms with Crippen molar-refractivity contribution in [2.45, 2.75) is 32.1 Å². The molecule has 2 rings (SSSR count). The highest BCUT2D eigenvalue weighted by molar-refractivity contribution is 4.74. The Kier molecular flexibility index (Phi) is 5.85. The predicted octanol–water partition coefficient (Wildman–Crippen LogP) is 0.101. The number of hydrogen-bond acceptors (Lipinski definition) is 5. The van der Waals surface area contributed by atoms with Gasteiger partial charge in [-0.15, -0.1) is 0 Å². The maximum atomic E-state index is 5.72. The van der Waals surface area contributed by atoms with E-state index in [4.69, 9.17) is 14.2 Å². The monoisotopic (exact) mass is 258 g/mol. The minimum absolute atomic E-state index is 0.198. The van der Waals surface area contributed by atoms with Gasteiger partial charge in [0.15, 0.2) is 0 Å². The summed E-state index contributed by atoms with van der Waals surface area (Å²) < 4.78 is 17.0. The molecule has 0 bridgehead atoms. The van der Waals surface area contributed by atoms with Crippen molar-refractivity contribution in [3.05, 3.63) is 0 Å². The van der Waals surface area contributed by atoms with Gasteiger partial charge >= 0.3 is 0 Å². The molecular formula is C13H26N2O3. The molecule has 0 radical (unpaired) electrons. The number of rotatable bonds is 5. The Labute approximate surface area is 110 Å². The first-order valence-corrected chi connectivity index (χ1v) is 7.01. The van der Waals surface area contributed by atoms with Crippen LogP contribution in [0, 0.1) is 0 Å². The van der Waals surface area contributed by atoms with Gasteiger partial charge in [-0.2, -0.15) is 0 Å². The molecule has 0 amide bonds. The normalized spacial score (nSPS) is 30.8. The van der Waals surface area contributed by atoms with Gasteiger partial charge in [0.2, 0.25) is 0 Å². The smallest absolute Gasteiger partial charge is 0.0935 e. The predicted molar refractivity (Wildman–Crippen MR) is 69.9 cm³/mol. The summed E-state index contributed by atoms with van der Waals surface area (Å²) in [5, 5.41) is 3.30. The van der Waals surface area contributed by atoms with Gasteiger partial charge in [0.1, 0.15) is 0 Å². The Bertz CT molecular complexity index is 232. The highest BCUT2D eigenvalue weighted by Crippen LogP contribution is 2.09. The summed E-state index contributed by atoms with van der Waals surface area (Å²) in [5.41, 5.74) is 0. The fourth-order valence-corrected chi connectivity index (χ4v) is 2.37. The number of ether oxygens (including phenoxy) is 3. The lowest BCUT2D eigenvalue weighted by molar-refractivity contribution is -0.0948. The molecule has 2 fully saturated rings. The second-order valence-electron chi connectivity index (χ2n) is 5.32. The molecule has 106 valence electrons. The fraction of sp³-hybridized carbons (Fsp3) is 1.00. The van der Waals surface area contributed by atoms with Crippen molar-refractivity contribution < 1.29 is 14.2 Å². The van der Waals surface area contributed by atoms with Gasteiger partial charge in [0.05, 0.1) is 38.6 Å². The van der Waals surface area contributed by atoms with E-state index in [-0.39, 0.29) is 12.2 Å². The standard InChI is InChI=1S/C13H26N2O3/c1-11(2)15-4-6-18-13(8-15)10-16-9-12-7-14-3-5-17-12/h11-14H,3-10H2,1-2H3. The van der Waals surface area contributed by atoms with E-state index in [1.165, 1.54) is 0 Å². The van der Waals surface area contributed by atoms with E-state index in [9.17, 15) is 0 Å². The molecule has 18 heavy (non-hydrogen) atoms. The zero-order chi connectivity index (χ0) is 12.8. The molecule has 2 saturated heterocycles. The zero-order valence-corrected chi connectivity index (χ0v) is 11.6. The molecule has 5 heteroatoms. The van der Waals surface area contributed by atoms with E-state index in [2.05, 4.69) is 24.1 Å². The first kappa shape index (κ1) is 14.2. The van der Waals surface area contributed by atoms with Gasteiger partial charge in [-0.3, -0.25) is 4.90 Å². The molecule has 2 unspecified atom stereocenters. The maximum Gasteiger partial charge on any atom is 0.0935 e. The molecule has 0 spiro atoms. The van der Waals surface area contributed by atoms with Gasteiger partial charge in [0.25, 0.3) is 0 Å². The first-order chi connectivity index (χ1) is 8.75. The van der Waals surface area contributed by atoms with Crippen LogP contribution in [0.3, 0.4) is 0 Å². The van der Waals surface area contributed by atoms with E-state index in [0.29, 0.717) is 19.3 Å². The SMILES string of the molecule is CC(C)N1CCOC(COCC2CNCCO2)C1. The molecule has 1 N–H and O–H groups in total. The molecular weight excluding hydrogens is 232 g/mol. The molecule has 0 aromatic carbocycles. The Morgan fingerprint density at radius 2 is 2.00 bits per heavy atom. The third-order valence-electron chi connectivity index (χ3n) is 3.51. The average Bonchev–Trinajstić information content (AvgIpc) is 2.40. The minimum Gasteiger partial charge on any atom is -0.376 e. The Morgan fingerprint density at radius 1 is 1.22 bits per heavy atom. The summed E-state index contributed by atoms with van der Waals surface area (Å²) in [7, 11) is 0. The van der Waals surface area contributed by atoms with Crippen molar-refractivity contribution in [2.24, 2.45) is 0 Å². The van der Waals surface area contributed by atoms with E-state index >= 15 is 0 Å². The average molecular weight is 258 g/mol. The topological polar surface area (TPSA) is 43.0 Å². The lowest BCUT2D eigenvalue weighted by atomic mass is 10.2. The number of morpholine rings is 2. The largest absolute Gasteiger partial charge is 0.376 e. The number of nitrogens with one attached hydrogen (secondary N) is 1. The van der Waals surface area contributed by atoms with Crippen LogP contribution in [0.5, 0.6) is 0 Å². The molecule has 2 atom stereocenters. The Balaban J connectivity index is 1.60. The fourth-order valence-electron chi connectivity index (χ4n) is 2.37. The maximum absolute atomic E-state index is 5.72. The third kappa shape index (κ3) is 4.48. The van der Waals surface area contributed by atoms with E-state index in [1.54, 1.807) is 0 Å². The summed E-state index contributed by atoms with van der Waals surface area (Å²) >= 11 is 0. The molecule has 0 aromatic heterocycles. The van der Waals surface area contributed by atoms with Crippen LogP contribution in [0.15, 0.2) is 0 Å². The van der Waals surface area contributed by atoms with Crippen molar-refractivity contribution in [1.29, 1.82) is 0 Å². The quantitative estimate of drug-likeness (QED) is 0.758. The van der Waals surface area contributed by atoms with E-state index in [0.717, 1.165) is 39.4 Å². The second-order valence-corrected chi connectivity index (χ2v) is 5.32. The van der Waals surface area contributed by atoms with E-state index in [1.807, 2.05) is 0 Å². The van der Waals surface area contributed by atoms with Crippen LogP contribution in [-0.2, 0) is 14.2 Å². The molecule has 0 aliphatic carbocycles. The highest BCUT2D eigenvalue weighted by Gasteiger charge is 2.23. The summed E-state index contributed by atoms with van der Waals surface area (Å²) in [6.07, 6.45) is 0.404. The van der Waals surface area contributed by atoms with Crippen molar-refractivity contribution in [2.75, 3.05) is 52.6 Å². The Morgan fingerprint density at radius 3 is 2.72 bits per heavy atom. The number of nitrogens with zero attached hydrogens (tertiary/aromatic N) is 1. The van der Waals surface area contributed by atoms with Gasteiger partial charge in [-0.25, -0.2) is 0 Å². The van der Waals surface area contributed by atoms with Crippen LogP contribution < -0.4 is 5.32 Å². The molecule has 0 saturated carbocycles.